The summed E-state index contributed by atoms with van der Waals surface area (Å²) in [6.45, 7) is 1.82. The number of rotatable bonds is 3. The van der Waals surface area contributed by atoms with Crippen molar-refractivity contribution in [3.8, 4) is 11.8 Å². The molecule has 0 bridgehead atoms. The molecular formula is C15H11NO4. The third-order valence-electron chi connectivity index (χ3n) is 2.91. The predicted octanol–water partition coefficient (Wildman–Crippen LogP) is 3.63. The van der Waals surface area contributed by atoms with Crippen LogP contribution in [0.25, 0.3) is 11.1 Å². The van der Waals surface area contributed by atoms with Gasteiger partial charge in [0.05, 0.1) is 5.56 Å². The van der Waals surface area contributed by atoms with Crippen LogP contribution in [0.4, 0.5) is 0 Å². The Balaban J connectivity index is 1.97. The number of benzene rings is 2. The molecule has 1 N–H and O–H groups in total. The number of hydrogen-bond acceptors (Lipinski definition) is 4. The number of nitrogens with zero attached hydrogens (tertiary/aromatic N) is 1. The molecule has 20 heavy (non-hydrogen) atoms. The fraction of sp³-hybridized carbons (Fsp3) is 0.0667. The maximum absolute atomic E-state index is 11.0. The maximum Gasteiger partial charge on any atom is 0.400 e. The van der Waals surface area contributed by atoms with E-state index in [2.05, 4.69) is 4.98 Å². The molecule has 3 rings (SSSR count). The summed E-state index contributed by atoms with van der Waals surface area (Å²) < 4.78 is 11.0. The Labute approximate surface area is 114 Å². The van der Waals surface area contributed by atoms with Crippen LogP contribution in [0.5, 0.6) is 11.8 Å². The number of carboxylic acid groups (broad SMARTS) is 1. The van der Waals surface area contributed by atoms with Crippen LogP contribution in [-0.2, 0) is 0 Å². The van der Waals surface area contributed by atoms with Crippen molar-refractivity contribution in [1.82, 2.24) is 4.98 Å². The summed E-state index contributed by atoms with van der Waals surface area (Å²) in [7, 11) is 0. The number of aromatic nitrogens is 1. The lowest BCUT2D eigenvalue weighted by molar-refractivity contribution is 0.0696. The fourth-order valence-electron chi connectivity index (χ4n) is 1.83. The standard InChI is InChI=1S/C15H11NO4/c1-9-6-7-10(14(17)18)8-13(9)20-15-16-11-4-2-3-5-12(11)19-15/h2-8H,1H3,(H,17,18). The number of para-hydroxylation sites is 2. The van der Waals surface area contributed by atoms with Gasteiger partial charge in [-0.15, -0.1) is 0 Å². The molecule has 0 unspecified atom stereocenters. The smallest absolute Gasteiger partial charge is 0.400 e. The second-order valence-corrected chi connectivity index (χ2v) is 4.33. The Bertz CT molecular complexity index is 758. The van der Waals surface area contributed by atoms with Crippen molar-refractivity contribution in [2.75, 3.05) is 0 Å². The highest BCUT2D eigenvalue weighted by atomic mass is 16.6. The van der Waals surface area contributed by atoms with Gasteiger partial charge in [0.1, 0.15) is 11.3 Å². The molecule has 0 aliphatic heterocycles. The molecule has 0 saturated heterocycles. The van der Waals surface area contributed by atoms with Crippen molar-refractivity contribution >= 4 is 17.1 Å². The lowest BCUT2D eigenvalue weighted by Crippen LogP contribution is -1.97. The average molecular weight is 269 g/mol. The molecule has 5 nitrogen and oxygen atoms in total. The van der Waals surface area contributed by atoms with Crippen molar-refractivity contribution in [1.29, 1.82) is 0 Å². The normalized spacial score (nSPS) is 10.7. The molecule has 3 aromatic rings. The van der Waals surface area contributed by atoms with Crippen molar-refractivity contribution < 1.29 is 19.1 Å². The molecular weight excluding hydrogens is 258 g/mol. The van der Waals surface area contributed by atoms with Gasteiger partial charge in [-0.3, -0.25) is 0 Å². The van der Waals surface area contributed by atoms with Gasteiger partial charge in [0.2, 0.25) is 0 Å². The summed E-state index contributed by atoms with van der Waals surface area (Å²) in [5.41, 5.74) is 2.27. The van der Waals surface area contributed by atoms with E-state index >= 15 is 0 Å². The van der Waals surface area contributed by atoms with Gasteiger partial charge in [-0.05, 0) is 36.8 Å². The first-order valence-corrected chi connectivity index (χ1v) is 6.01. The van der Waals surface area contributed by atoms with Crippen LogP contribution in [0.15, 0.2) is 46.9 Å². The summed E-state index contributed by atoms with van der Waals surface area (Å²) in [4.78, 5) is 15.2. The van der Waals surface area contributed by atoms with E-state index in [0.717, 1.165) is 5.56 Å². The molecule has 0 saturated carbocycles. The van der Waals surface area contributed by atoms with Gasteiger partial charge in [0.25, 0.3) is 0 Å². The van der Waals surface area contributed by atoms with E-state index < -0.39 is 5.97 Å². The van der Waals surface area contributed by atoms with Gasteiger partial charge in [0, 0.05) is 0 Å². The lowest BCUT2D eigenvalue weighted by atomic mass is 10.1. The molecule has 0 atom stereocenters. The Morgan fingerprint density at radius 3 is 2.80 bits per heavy atom. The molecule has 0 fully saturated rings. The summed E-state index contributed by atoms with van der Waals surface area (Å²) in [6, 6.07) is 11.9. The summed E-state index contributed by atoms with van der Waals surface area (Å²) in [5, 5.41) is 8.99. The van der Waals surface area contributed by atoms with Crippen LogP contribution in [-0.4, -0.2) is 16.1 Å². The van der Waals surface area contributed by atoms with Crippen LogP contribution in [0, 0.1) is 6.92 Å². The first-order chi connectivity index (χ1) is 9.63. The largest absolute Gasteiger partial charge is 0.478 e. The van der Waals surface area contributed by atoms with Crippen molar-refractivity contribution in [3.63, 3.8) is 0 Å². The quantitative estimate of drug-likeness (QED) is 0.786. The van der Waals surface area contributed by atoms with Gasteiger partial charge >= 0.3 is 12.0 Å². The number of ether oxygens (including phenoxy) is 1. The average Bonchev–Trinajstić information content (AvgIpc) is 2.83. The second kappa shape index (κ2) is 4.70. The number of carboxylic acids is 1. The molecule has 0 amide bonds. The Kier molecular flexibility index (Phi) is 2.87. The van der Waals surface area contributed by atoms with E-state index in [1.54, 1.807) is 12.1 Å². The summed E-state index contributed by atoms with van der Waals surface area (Å²) >= 11 is 0. The van der Waals surface area contributed by atoms with Crippen molar-refractivity contribution in [2.45, 2.75) is 6.92 Å². The third-order valence-corrected chi connectivity index (χ3v) is 2.91. The van der Waals surface area contributed by atoms with Gasteiger partial charge in [0.15, 0.2) is 5.58 Å². The molecule has 0 radical (unpaired) electrons. The minimum Gasteiger partial charge on any atom is -0.478 e. The first-order valence-electron chi connectivity index (χ1n) is 6.01. The Morgan fingerprint density at radius 2 is 2.05 bits per heavy atom. The van der Waals surface area contributed by atoms with Crippen LogP contribution >= 0.6 is 0 Å². The van der Waals surface area contributed by atoms with E-state index in [1.807, 2.05) is 25.1 Å². The van der Waals surface area contributed by atoms with Gasteiger partial charge in [-0.25, -0.2) is 4.79 Å². The molecule has 5 heteroatoms. The molecule has 0 aliphatic carbocycles. The molecule has 0 aliphatic rings. The minimum atomic E-state index is -1.01. The highest BCUT2D eigenvalue weighted by Crippen LogP contribution is 2.28. The highest BCUT2D eigenvalue weighted by molar-refractivity contribution is 5.88. The number of fused-ring (bicyclic) bond motifs is 1. The number of aromatic carboxylic acids is 1. The summed E-state index contributed by atoms with van der Waals surface area (Å²) in [6.07, 6.45) is 0.0943. The van der Waals surface area contributed by atoms with Gasteiger partial charge in [-0.2, -0.15) is 4.98 Å². The number of oxazole rings is 1. The predicted molar refractivity (Wildman–Crippen MR) is 72.2 cm³/mol. The van der Waals surface area contributed by atoms with E-state index in [9.17, 15) is 4.79 Å². The van der Waals surface area contributed by atoms with Crippen LogP contribution in [0.1, 0.15) is 15.9 Å². The zero-order chi connectivity index (χ0) is 14.1. The van der Waals surface area contributed by atoms with Crippen LogP contribution in [0.3, 0.4) is 0 Å². The lowest BCUT2D eigenvalue weighted by Gasteiger charge is -2.05. The fourth-order valence-corrected chi connectivity index (χ4v) is 1.83. The van der Waals surface area contributed by atoms with E-state index in [1.165, 1.54) is 12.1 Å². The third kappa shape index (κ3) is 2.21. The second-order valence-electron chi connectivity index (χ2n) is 4.33. The molecule has 2 aromatic carbocycles. The molecule has 1 aromatic heterocycles. The number of aryl methyl sites for hydroxylation is 1. The number of hydrogen-bond donors (Lipinski definition) is 1. The van der Waals surface area contributed by atoms with Crippen molar-refractivity contribution in [2.24, 2.45) is 0 Å². The SMILES string of the molecule is Cc1ccc(C(=O)O)cc1Oc1nc2ccccc2o1. The zero-order valence-corrected chi connectivity index (χ0v) is 10.7. The zero-order valence-electron chi connectivity index (χ0n) is 10.7. The van der Waals surface area contributed by atoms with Crippen LogP contribution in [0.2, 0.25) is 0 Å². The summed E-state index contributed by atoms with van der Waals surface area (Å²) in [5.74, 6) is -0.594. The Morgan fingerprint density at radius 1 is 1.25 bits per heavy atom. The monoisotopic (exact) mass is 269 g/mol. The highest BCUT2D eigenvalue weighted by Gasteiger charge is 2.11. The first kappa shape index (κ1) is 12.2. The van der Waals surface area contributed by atoms with E-state index in [-0.39, 0.29) is 11.6 Å². The molecule has 0 spiro atoms. The number of carbonyl (C=O) groups is 1. The molecule has 100 valence electrons. The van der Waals surface area contributed by atoms with Crippen LogP contribution < -0.4 is 4.74 Å². The van der Waals surface area contributed by atoms with Gasteiger partial charge in [-0.1, -0.05) is 18.2 Å². The Hall–Kier alpha value is -2.82. The van der Waals surface area contributed by atoms with E-state index in [4.69, 9.17) is 14.3 Å². The maximum atomic E-state index is 11.0. The minimum absolute atomic E-state index is 0.0943. The molecule has 1 heterocycles. The topological polar surface area (TPSA) is 72.6 Å². The van der Waals surface area contributed by atoms with E-state index in [0.29, 0.717) is 16.8 Å². The van der Waals surface area contributed by atoms with Gasteiger partial charge < -0.3 is 14.3 Å². The van der Waals surface area contributed by atoms with Crippen molar-refractivity contribution in [3.05, 3.63) is 53.6 Å².